The fourth-order valence-corrected chi connectivity index (χ4v) is 7.86. The molecule has 238 valence electrons. The van der Waals surface area contributed by atoms with Gasteiger partial charge in [-0.25, -0.2) is 15.0 Å². The summed E-state index contributed by atoms with van der Waals surface area (Å²) in [5, 5.41) is 0. The lowest BCUT2D eigenvalue weighted by molar-refractivity contribution is 0.424. The highest BCUT2D eigenvalue weighted by molar-refractivity contribution is 5.78. The molecule has 1 aromatic heterocycles. The second-order valence-electron chi connectivity index (χ2n) is 13.2. The fourth-order valence-electron chi connectivity index (χ4n) is 7.86. The van der Waals surface area contributed by atoms with E-state index in [4.69, 9.17) is 19.7 Å². The summed E-state index contributed by atoms with van der Waals surface area (Å²) in [6.07, 6.45) is 12.5. The lowest BCUT2D eigenvalue weighted by atomic mass is 9.81. The van der Waals surface area contributed by atoms with E-state index >= 15 is 0 Å². The SMILES string of the molecule is C1=CC2C(C=C1C1=CC=C3Oc4ccccc4C3C1)c1ccccc1N2c1cccc(-c2nc(-c3ccccc3)nc(-c3ccccc3)n2)c1. The Labute approximate surface area is 291 Å². The number of aromatic nitrogens is 3. The van der Waals surface area contributed by atoms with Crippen molar-refractivity contribution in [3.8, 4) is 39.9 Å². The molecule has 0 radical (unpaired) electrons. The zero-order chi connectivity index (χ0) is 33.0. The van der Waals surface area contributed by atoms with Crippen molar-refractivity contribution in [3.63, 3.8) is 0 Å². The number of benzene rings is 5. The minimum Gasteiger partial charge on any atom is -0.461 e. The Kier molecular flexibility index (Phi) is 6.69. The van der Waals surface area contributed by atoms with E-state index in [-0.39, 0.29) is 17.9 Å². The first kappa shape index (κ1) is 28.7. The van der Waals surface area contributed by atoms with Crippen LogP contribution in [-0.4, -0.2) is 21.0 Å². The van der Waals surface area contributed by atoms with Crippen LogP contribution in [0.3, 0.4) is 0 Å². The van der Waals surface area contributed by atoms with Crippen LogP contribution in [0.15, 0.2) is 181 Å². The van der Waals surface area contributed by atoms with Crippen LogP contribution in [0.25, 0.3) is 34.2 Å². The molecule has 0 amide bonds. The largest absolute Gasteiger partial charge is 0.461 e. The lowest BCUT2D eigenvalue weighted by Crippen LogP contribution is -2.29. The zero-order valence-electron chi connectivity index (χ0n) is 27.2. The Morgan fingerprint density at radius 1 is 0.600 bits per heavy atom. The molecule has 0 fully saturated rings. The molecule has 0 saturated heterocycles. The molecule has 2 aliphatic heterocycles. The van der Waals surface area contributed by atoms with Gasteiger partial charge in [-0.15, -0.1) is 0 Å². The van der Waals surface area contributed by atoms with E-state index < -0.39 is 0 Å². The van der Waals surface area contributed by atoms with Gasteiger partial charge in [0.1, 0.15) is 11.5 Å². The van der Waals surface area contributed by atoms with E-state index in [1.807, 2.05) is 66.7 Å². The average molecular weight is 645 g/mol. The first-order chi connectivity index (χ1) is 24.8. The molecule has 5 nitrogen and oxygen atoms in total. The molecule has 3 heterocycles. The quantitative estimate of drug-likeness (QED) is 0.187. The molecule has 10 rings (SSSR count). The Morgan fingerprint density at radius 3 is 2.00 bits per heavy atom. The maximum atomic E-state index is 6.18. The van der Waals surface area contributed by atoms with E-state index in [2.05, 4.69) is 102 Å². The summed E-state index contributed by atoms with van der Waals surface area (Å²) in [6, 6.07) is 46.3. The van der Waals surface area contributed by atoms with Crippen LogP contribution in [0.5, 0.6) is 5.75 Å². The van der Waals surface area contributed by atoms with Crippen LogP contribution >= 0.6 is 0 Å². The zero-order valence-corrected chi connectivity index (χ0v) is 27.2. The van der Waals surface area contributed by atoms with Crippen LogP contribution in [0.1, 0.15) is 29.4 Å². The van der Waals surface area contributed by atoms with Crippen LogP contribution in [0, 0.1) is 0 Å². The van der Waals surface area contributed by atoms with Gasteiger partial charge in [0, 0.05) is 45.5 Å². The summed E-state index contributed by atoms with van der Waals surface area (Å²) in [7, 11) is 0. The van der Waals surface area contributed by atoms with Crippen LogP contribution in [0.4, 0.5) is 11.4 Å². The van der Waals surface area contributed by atoms with Gasteiger partial charge in [-0.3, -0.25) is 0 Å². The van der Waals surface area contributed by atoms with Gasteiger partial charge in [0.25, 0.3) is 0 Å². The predicted molar refractivity (Wildman–Crippen MR) is 199 cm³/mol. The van der Waals surface area contributed by atoms with Crippen molar-refractivity contribution in [1.29, 1.82) is 0 Å². The number of para-hydroxylation sites is 2. The number of allylic oxidation sites excluding steroid dienone is 6. The number of rotatable bonds is 5. The maximum absolute atomic E-state index is 6.18. The molecule has 0 bridgehead atoms. The van der Waals surface area contributed by atoms with E-state index in [1.54, 1.807) is 0 Å². The fraction of sp³-hybridized carbons (Fsp3) is 0.0889. The Balaban J connectivity index is 1.01. The van der Waals surface area contributed by atoms with Crippen LogP contribution in [0.2, 0.25) is 0 Å². The topological polar surface area (TPSA) is 51.1 Å². The Morgan fingerprint density at radius 2 is 1.24 bits per heavy atom. The number of ether oxygens (including phenoxy) is 1. The molecule has 4 aliphatic rings. The molecule has 0 spiro atoms. The Bertz CT molecular complexity index is 2350. The molecule has 5 heteroatoms. The van der Waals surface area contributed by atoms with E-state index in [0.29, 0.717) is 17.5 Å². The predicted octanol–water partition coefficient (Wildman–Crippen LogP) is 10.4. The molecular weight excluding hydrogens is 613 g/mol. The van der Waals surface area contributed by atoms with Crippen LogP contribution in [-0.2, 0) is 0 Å². The van der Waals surface area contributed by atoms with E-state index in [9.17, 15) is 0 Å². The van der Waals surface area contributed by atoms with Crippen molar-refractivity contribution < 1.29 is 4.74 Å². The minimum absolute atomic E-state index is 0.148. The number of nitrogens with zero attached hydrogens (tertiary/aromatic N) is 4. The van der Waals surface area contributed by atoms with Crippen molar-refractivity contribution in [3.05, 3.63) is 192 Å². The molecular formula is C45H32N4O. The molecule has 3 unspecified atom stereocenters. The second-order valence-corrected chi connectivity index (χ2v) is 13.2. The second kappa shape index (κ2) is 11.7. The van der Waals surface area contributed by atoms with Gasteiger partial charge in [-0.1, -0.05) is 133 Å². The molecule has 0 N–H and O–H groups in total. The number of fused-ring (bicyclic) bond motifs is 6. The summed E-state index contributed by atoms with van der Waals surface area (Å²) in [4.78, 5) is 17.4. The van der Waals surface area contributed by atoms with Gasteiger partial charge >= 0.3 is 0 Å². The van der Waals surface area contributed by atoms with E-state index in [1.165, 1.54) is 28.0 Å². The van der Waals surface area contributed by atoms with Gasteiger partial charge < -0.3 is 9.64 Å². The highest BCUT2D eigenvalue weighted by atomic mass is 16.5. The van der Waals surface area contributed by atoms with Gasteiger partial charge in [0.15, 0.2) is 17.5 Å². The van der Waals surface area contributed by atoms with Crippen molar-refractivity contribution in [1.82, 2.24) is 15.0 Å². The van der Waals surface area contributed by atoms with Gasteiger partial charge in [-0.2, -0.15) is 0 Å². The summed E-state index contributed by atoms with van der Waals surface area (Å²) >= 11 is 0. The van der Waals surface area contributed by atoms with Crippen molar-refractivity contribution in [2.75, 3.05) is 4.90 Å². The average Bonchev–Trinajstić information content (AvgIpc) is 3.73. The summed E-state index contributed by atoms with van der Waals surface area (Å²) in [5.41, 5.74) is 10.5. The Hall–Kier alpha value is -6.33. The lowest BCUT2D eigenvalue weighted by Gasteiger charge is -2.31. The van der Waals surface area contributed by atoms with Crippen molar-refractivity contribution in [2.45, 2.75) is 24.3 Å². The smallest absolute Gasteiger partial charge is 0.164 e. The molecule has 50 heavy (non-hydrogen) atoms. The minimum atomic E-state index is 0.148. The molecule has 5 aromatic carbocycles. The summed E-state index contributed by atoms with van der Waals surface area (Å²) in [5.74, 6) is 4.50. The molecule has 6 aromatic rings. The molecule has 0 saturated carbocycles. The normalized spacial score (nSPS) is 19.7. The third-order valence-corrected chi connectivity index (χ3v) is 10.2. The van der Waals surface area contributed by atoms with Crippen LogP contribution < -0.4 is 9.64 Å². The standard InChI is InChI=1S/C45H32N4O/c1-3-12-29(13-4-1)43-46-44(30-14-5-2-6-15-30)48-45(47-43)33-16-11-17-34(26-33)49-39-20-9-7-18-35(39)37-27-31(22-24-40(37)49)32-23-25-42-38(28-32)36-19-8-10-21-41(36)50-42/h1-27,37-38,40H,28H2. The number of hydrogen-bond acceptors (Lipinski definition) is 5. The monoisotopic (exact) mass is 644 g/mol. The summed E-state index contributed by atoms with van der Waals surface area (Å²) < 4.78 is 6.18. The summed E-state index contributed by atoms with van der Waals surface area (Å²) in [6.45, 7) is 0. The highest BCUT2D eigenvalue weighted by Crippen LogP contribution is 2.51. The molecule has 2 aliphatic carbocycles. The first-order valence-electron chi connectivity index (χ1n) is 17.2. The third-order valence-electron chi connectivity index (χ3n) is 10.2. The number of hydrogen-bond donors (Lipinski definition) is 0. The first-order valence-corrected chi connectivity index (χ1v) is 17.2. The highest BCUT2D eigenvalue weighted by Gasteiger charge is 2.39. The van der Waals surface area contributed by atoms with Gasteiger partial charge in [0.2, 0.25) is 0 Å². The molecule has 3 atom stereocenters. The maximum Gasteiger partial charge on any atom is 0.164 e. The number of anilines is 2. The van der Waals surface area contributed by atoms with Crippen molar-refractivity contribution >= 4 is 11.4 Å². The van der Waals surface area contributed by atoms with Gasteiger partial charge in [-0.05, 0) is 53.5 Å². The van der Waals surface area contributed by atoms with Crippen molar-refractivity contribution in [2.24, 2.45) is 0 Å². The van der Waals surface area contributed by atoms with Gasteiger partial charge in [0.05, 0.1) is 6.04 Å². The van der Waals surface area contributed by atoms with E-state index in [0.717, 1.165) is 40.3 Å². The third kappa shape index (κ3) is 4.81.